The van der Waals surface area contributed by atoms with Crippen molar-refractivity contribution in [3.63, 3.8) is 0 Å². The molecule has 3 amide bonds. The van der Waals surface area contributed by atoms with Crippen LogP contribution in [0.2, 0.25) is 0 Å². The Labute approximate surface area is 234 Å². The van der Waals surface area contributed by atoms with Gasteiger partial charge in [-0.2, -0.15) is 0 Å². The molecule has 0 spiro atoms. The number of hydrogen-bond donors (Lipinski definition) is 9. The highest BCUT2D eigenvalue weighted by Gasteiger charge is 2.30. The van der Waals surface area contributed by atoms with Crippen LogP contribution in [0.3, 0.4) is 0 Å². The fraction of sp³-hybridized carbons (Fsp3) is 0.286. The van der Waals surface area contributed by atoms with Crippen molar-refractivity contribution in [2.45, 2.75) is 37.0 Å². The number of benzene rings is 2. The largest absolute Gasteiger partial charge is 0.480 e. The molecule has 0 bridgehead atoms. The van der Waals surface area contributed by atoms with Gasteiger partial charge in [0, 0.05) is 40.6 Å². The lowest BCUT2D eigenvalue weighted by molar-refractivity contribution is -0.143. The number of rotatable bonds is 13. The third kappa shape index (κ3) is 6.90. The number of para-hydroxylation sites is 2. The predicted octanol–water partition coefficient (Wildman–Crippen LogP) is -0.715. The van der Waals surface area contributed by atoms with Crippen LogP contribution in [-0.2, 0) is 32.0 Å². The number of aromatic nitrogens is 2. The maximum atomic E-state index is 13.4. The van der Waals surface area contributed by atoms with Crippen LogP contribution in [0.1, 0.15) is 11.1 Å². The summed E-state index contributed by atoms with van der Waals surface area (Å²) in [4.78, 5) is 56.5. The van der Waals surface area contributed by atoms with Gasteiger partial charge in [-0.05, 0) is 29.7 Å². The minimum Gasteiger partial charge on any atom is -0.480 e. The summed E-state index contributed by atoms with van der Waals surface area (Å²) in [6, 6.07) is 9.57. The van der Waals surface area contributed by atoms with Crippen LogP contribution in [0.4, 0.5) is 0 Å². The van der Waals surface area contributed by atoms with Crippen LogP contribution in [0.15, 0.2) is 60.9 Å². The summed E-state index contributed by atoms with van der Waals surface area (Å²) in [5, 5.41) is 36.9. The Kier molecular flexibility index (Phi) is 9.34. The van der Waals surface area contributed by atoms with E-state index in [0.717, 1.165) is 27.4 Å². The first-order valence-corrected chi connectivity index (χ1v) is 12.9. The van der Waals surface area contributed by atoms with E-state index in [1.807, 2.05) is 48.5 Å². The number of carbonyl (C=O) groups excluding carboxylic acids is 3. The summed E-state index contributed by atoms with van der Waals surface area (Å²) in [6.45, 7) is -1.75. The molecule has 0 aliphatic heterocycles. The van der Waals surface area contributed by atoms with Gasteiger partial charge in [0.25, 0.3) is 0 Å². The van der Waals surface area contributed by atoms with Gasteiger partial charge in [0.15, 0.2) is 0 Å². The van der Waals surface area contributed by atoms with Gasteiger partial charge in [-0.1, -0.05) is 36.4 Å². The van der Waals surface area contributed by atoms with Gasteiger partial charge >= 0.3 is 5.97 Å². The average Bonchev–Trinajstić information content (AvgIpc) is 3.57. The first-order chi connectivity index (χ1) is 19.7. The Morgan fingerprint density at radius 2 is 1.15 bits per heavy atom. The minimum atomic E-state index is -1.63. The van der Waals surface area contributed by atoms with E-state index >= 15 is 0 Å². The van der Waals surface area contributed by atoms with E-state index in [0.29, 0.717) is 5.56 Å². The van der Waals surface area contributed by atoms with Crippen LogP contribution in [0.25, 0.3) is 21.8 Å². The first kappa shape index (κ1) is 29.3. The first-order valence-electron chi connectivity index (χ1n) is 12.9. The van der Waals surface area contributed by atoms with Gasteiger partial charge in [0.1, 0.15) is 18.1 Å². The van der Waals surface area contributed by atoms with E-state index in [2.05, 4.69) is 25.9 Å². The van der Waals surface area contributed by atoms with Crippen LogP contribution < -0.4 is 21.7 Å². The summed E-state index contributed by atoms with van der Waals surface area (Å²) in [5.41, 5.74) is 9.49. The molecule has 0 aliphatic rings. The highest BCUT2D eigenvalue weighted by Crippen LogP contribution is 2.20. The molecule has 0 fully saturated rings. The number of carbonyl (C=O) groups is 4. The summed E-state index contributed by atoms with van der Waals surface area (Å²) < 4.78 is 0. The molecule has 4 unspecified atom stereocenters. The molecular weight excluding hydrogens is 532 g/mol. The number of fused-ring (bicyclic) bond motifs is 2. The number of H-pyrrole nitrogens is 2. The number of aliphatic carboxylic acids is 1. The number of aromatic amines is 2. The highest BCUT2D eigenvalue weighted by molar-refractivity contribution is 5.95. The quantitative estimate of drug-likeness (QED) is 0.101. The highest BCUT2D eigenvalue weighted by atomic mass is 16.4. The van der Waals surface area contributed by atoms with Crippen molar-refractivity contribution in [2.24, 2.45) is 5.73 Å². The number of nitrogens with one attached hydrogen (secondary N) is 5. The molecule has 0 saturated carbocycles. The second-order valence-electron chi connectivity index (χ2n) is 9.62. The van der Waals surface area contributed by atoms with Gasteiger partial charge < -0.3 is 47.0 Å². The summed E-state index contributed by atoms with van der Waals surface area (Å²) in [5.74, 6) is -3.91. The number of carboxylic acids is 1. The Balaban J connectivity index is 1.52. The van der Waals surface area contributed by atoms with Crippen molar-refractivity contribution in [2.75, 3.05) is 13.2 Å². The Morgan fingerprint density at radius 3 is 1.68 bits per heavy atom. The molecule has 0 aliphatic carbocycles. The molecule has 2 aromatic heterocycles. The molecular formula is C28H32N6O7. The van der Waals surface area contributed by atoms with Gasteiger partial charge in [0.05, 0.1) is 19.3 Å². The zero-order valence-corrected chi connectivity index (χ0v) is 22.0. The van der Waals surface area contributed by atoms with Crippen molar-refractivity contribution in [3.05, 3.63) is 72.1 Å². The van der Waals surface area contributed by atoms with Gasteiger partial charge in [-0.3, -0.25) is 14.4 Å². The van der Waals surface area contributed by atoms with E-state index in [4.69, 9.17) is 10.8 Å². The SMILES string of the molecule is NC(Cc1c[nH]c2ccccc12)C(=O)NC(Cc1c[nH]c2ccccc12)C(=O)NC(CO)C(=O)NC(CO)C(=O)O. The number of hydrogen-bond acceptors (Lipinski definition) is 7. The molecule has 13 nitrogen and oxygen atoms in total. The predicted molar refractivity (Wildman–Crippen MR) is 150 cm³/mol. The van der Waals surface area contributed by atoms with Gasteiger partial charge in [0.2, 0.25) is 17.7 Å². The second-order valence-corrected chi connectivity index (χ2v) is 9.62. The van der Waals surface area contributed by atoms with E-state index in [-0.39, 0.29) is 12.8 Å². The molecule has 216 valence electrons. The summed E-state index contributed by atoms with van der Waals surface area (Å²) in [6.07, 6.45) is 3.69. The number of nitrogens with two attached hydrogens (primary N) is 1. The molecule has 0 radical (unpaired) electrons. The van der Waals surface area contributed by atoms with E-state index < -0.39 is 61.1 Å². The van der Waals surface area contributed by atoms with Gasteiger partial charge in [-0.15, -0.1) is 0 Å². The average molecular weight is 565 g/mol. The Hall–Kier alpha value is -4.72. The van der Waals surface area contributed by atoms with Crippen LogP contribution in [-0.4, -0.2) is 86.4 Å². The van der Waals surface area contributed by atoms with Crippen molar-refractivity contribution in [3.8, 4) is 0 Å². The van der Waals surface area contributed by atoms with E-state index in [9.17, 15) is 29.4 Å². The molecule has 2 aromatic carbocycles. The molecule has 4 aromatic rings. The van der Waals surface area contributed by atoms with Crippen molar-refractivity contribution < 1.29 is 34.5 Å². The smallest absolute Gasteiger partial charge is 0.328 e. The third-order valence-corrected chi connectivity index (χ3v) is 6.80. The van der Waals surface area contributed by atoms with Crippen LogP contribution in [0.5, 0.6) is 0 Å². The van der Waals surface area contributed by atoms with E-state index in [1.54, 1.807) is 12.4 Å². The lowest BCUT2D eigenvalue weighted by Gasteiger charge is -2.24. The lowest BCUT2D eigenvalue weighted by atomic mass is 10.0. The summed E-state index contributed by atoms with van der Waals surface area (Å²) >= 11 is 0. The third-order valence-electron chi connectivity index (χ3n) is 6.80. The van der Waals surface area contributed by atoms with Crippen LogP contribution in [0, 0.1) is 0 Å². The zero-order chi connectivity index (χ0) is 29.5. The number of aliphatic hydroxyl groups is 2. The molecule has 2 heterocycles. The van der Waals surface area contributed by atoms with Crippen molar-refractivity contribution in [1.82, 2.24) is 25.9 Å². The fourth-order valence-electron chi connectivity index (χ4n) is 4.56. The Bertz CT molecular complexity index is 1550. The minimum absolute atomic E-state index is 0.0234. The number of amides is 3. The molecule has 13 heteroatoms. The van der Waals surface area contributed by atoms with Crippen molar-refractivity contribution in [1.29, 1.82) is 0 Å². The van der Waals surface area contributed by atoms with Crippen molar-refractivity contribution >= 4 is 45.5 Å². The maximum absolute atomic E-state index is 13.4. The monoisotopic (exact) mass is 564 g/mol. The van der Waals surface area contributed by atoms with Crippen LogP contribution >= 0.6 is 0 Å². The maximum Gasteiger partial charge on any atom is 0.328 e. The molecule has 4 rings (SSSR count). The zero-order valence-electron chi connectivity index (χ0n) is 22.0. The van der Waals surface area contributed by atoms with Gasteiger partial charge in [-0.25, -0.2) is 4.79 Å². The molecule has 41 heavy (non-hydrogen) atoms. The Morgan fingerprint density at radius 1 is 0.683 bits per heavy atom. The summed E-state index contributed by atoms with van der Waals surface area (Å²) in [7, 11) is 0. The lowest BCUT2D eigenvalue weighted by Crippen LogP contribution is -2.59. The standard InChI is InChI=1S/C28H32N6O7/c29-19(9-15-11-30-20-7-3-1-5-17(15)20)25(37)32-22(10-16-12-31-21-8-4-2-6-18(16)21)26(38)33-23(13-35)27(39)34-24(14-36)28(40)41/h1-8,11-12,19,22-24,30-31,35-36H,9-10,13-14,29H2,(H,32,37)(H,33,38)(H,34,39)(H,40,41). The second kappa shape index (κ2) is 13.1. The molecule has 10 N–H and O–H groups in total. The topological polar surface area (TPSA) is 223 Å². The fourth-order valence-corrected chi connectivity index (χ4v) is 4.56. The number of aliphatic hydroxyl groups excluding tert-OH is 2. The van der Waals surface area contributed by atoms with E-state index in [1.165, 1.54) is 0 Å². The molecule has 4 atom stereocenters. The molecule has 0 saturated heterocycles. The normalized spacial score (nSPS) is 14.2. The number of carboxylic acid groups (broad SMARTS) is 1.